The quantitative estimate of drug-likeness (QED) is 0.687. The maximum absolute atomic E-state index is 13.4. The zero-order valence-corrected chi connectivity index (χ0v) is 14.6. The number of fused-ring (bicyclic) bond motifs is 1. The number of aromatic nitrogens is 1. The summed E-state index contributed by atoms with van der Waals surface area (Å²) in [5.41, 5.74) is 2.88. The lowest BCUT2D eigenvalue weighted by molar-refractivity contribution is -0.120. The Kier molecular flexibility index (Phi) is 5.17. The van der Waals surface area contributed by atoms with Crippen molar-refractivity contribution in [3.8, 4) is 0 Å². The van der Waals surface area contributed by atoms with Crippen molar-refractivity contribution in [2.24, 2.45) is 5.92 Å². The van der Waals surface area contributed by atoms with Gasteiger partial charge in [-0.3, -0.25) is 4.79 Å². The largest absolute Gasteiger partial charge is 0.361 e. The summed E-state index contributed by atoms with van der Waals surface area (Å²) < 4.78 is 13.4. The summed E-state index contributed by atoms with van der Waals surface area (Å²) in [6, 6.07) is 14.8. The Labute approximate surface area is 147 Å². The monoisotopic (exact) mass is 338 g/mol. The third-order valence-corrected chi connectivity index (χ3v) is 4.63. The van der Waals surface area contributed by atoms with E-state index in [9.17, 15) is 9.18 Å². The SMILES string of the molecule is CC(C)C(CNC(=O)Cc1c[nH]c2ccc(F)cc12)c1ccccc1. The molecular formula is C21H23FN2O. The first kappa shape index (κ1) is 17.2. The van der Waals surface area contributed by atoms with Crippen LogP contribution in [0, 0.1) is 11.7 Å². The molecule has 25 heavy (non-hydrogen) atoms. The van der Waals surface area contributed by atoms with Gasteiger partial charge in [0.1, 0.15) is 5.82 Å². The number of halogens is 1. The summed E-state index contributed by atoms with van der Waals surface area (Å²) >= 11 is 0. The zero-order valence-electron chi connectivity index (χ0n) is 14.6. The van der Waals surface area contributed by atoms with E-state index in [1.54, 1.807) is 12.3 Å². The molecule has 0 aliphatic carbocycles. The average Bonchev–Trinajstić information content (AvgIpc) is 2.98. The predicted octanol–water partition coefficient (Wildman–Crippen LogP) is 4.41. The molecule has 1 unspecified atom stereocenters. The Hall–Kier alpha value is -2.62. The van der Waals surface area contributed by atoms with E-state index in [0.717, 1.165) is 16.5 Å². The molecule has 0 aliphatic rings. The van der Waals surface area contributed by atoms with Crippen molar-refractivity contribution in [2.75, 3.05) is 6.54 Å². The van der Waals surface area contributed by atoms with Gasteiger partial charge in [-0.2, -0.15) is 0 Å². The summed E-state index contributed by atoms with van der Waals surface area (Å²) in [4.78, 5) is 15.5. The van der Waals surface area contributed by atoms with Gasteiger partial charge in [-0.15, -0.1) is 0 Å². The van der Waals surface area contributed by atoms with E-state index in [0.29, 0.717) is 12.5 Å². The Morgan fingerprint density at radius 1 is 1.16 bits per heavy atom. The highest BCUT2D eigenvalue weighted by Gasteiger charge is 2.17. The maximum Gasteiger partial charge on any atom is 0.224 e. The van der Waals surface area contributed by atoms with Crippen molar-refractivity contribution in [1.82, 2.24) is 10.3 Å². The topological polar surface area (TPSA) is 44.9 Å². The lowest BCUT2D eigenvalue weighted by Crippen LogP contribution is -2.31. The predicted molar refractivity (Wildman–Crippen MR) is 99.0 cm³/mol. The van der Waals surface area contributed by atoms with E-state index >= 15 is 0 Å². The van der Waals surface area contributed by atoms with Crippen LogP contribution in [0.2, 0.25) is 0 Å². The minimum Gasteiger partial charge on any atom is -0.361 e. The van der Waals surface area contributed by atoms with Crippen molar-refractivity contribution in [1.29, 1.82) is 0 Å². The standard InChI is InChI=1S/C21H23FN2O/c1-14(2)19(15-6-4-3-5-7-15)13-24-21(25)10-16-12-23-20-9-8-17(22)11-18(16)20/h3-9,11-12,14,19,23H,10,13H2,1-2H3,(H,24,25). The highest BCUT2D eigenvalue weighted by atomic mass is 19.1. The highest BCUT2D eigenvalue weighted by Crippen LogP contribution is 2.24. The Balaban J connectivity index is 1.66. The molecule has 0 saturated carbocycles. The van der Waals surface area contributed by atoms with Crippen molar-refractivity contribution in [3.63, 3.8) is 0 Å². The molecule has 3 nitrogen and oxygen atoms in total. The van der Waals surface area contributed by atoms with Crippen LogP contribution in [0.1, 0.15) is 30.9 Å². The molecule has 0 bridgehead atoms. The summed E-state index contributed by atoms with van der Waals surface area (Å²) in [6.45, 7) is 4.91. The van der Waals surface area contributed by atoms with E-state index < -0.39 is 0 Å². The van der Waals surface area contributed by atoms with E-state index in [-0.39, 0.29) is 24.1 Å². The molecule has 4 heteroatoms. The first-order valence-corrected chi connectivity index (χ1v) is 8.61. The fraction of sp³-hybridized carbons (Fsp3) is 0.286. The molecule has 3 rings (SSSR count). The first-order chi connectivity index (χ1) is 12.0. The number of carbonyl (C=O) groups is 1. The number of benzene rings is 2. The number of aromatic amines is 1. The van der Waals surface area contributed by atoms with Crippen molar-refractivity contribution < 1.29 is 9.18 Å². The molecule has 1 amide bonds. The Morgan fingerprint density at radius 2 is 1.92 bits per heavy atom. The molecule has 1 heterocycles. The highest BCUT2D eigenvalue weighted by molar-refractivity contribution is 5.88. The average molecular weight is 338 g/mol. The van der Waals surface area contributed by atoms with Gasteiger partial charge in [0.2, 0.25) is 5.91 Å². The van der Waals surface area contributed by atoms with Crippen LogP contribution < -0.4 is 5.32 Å². The number of carbonyl (C=O) groups excluding carboxylic acids is 1. The molecular weight excluding hydrogens is 315 g/mol. The van der Waals surface area contributed by atoms with Crippen molar-refractivity contribution >= 4 is 16.8 Å². The van der Waals surface area contributed by atoms with Crippen LogP contribution in [0.5, 0.6) is 0 Å². The second-order valence-corrected chi connectivity index (χ2v) is 6.75. The van der Waals surface area contributed by atoms with Gasteiger partial charge >= 0.3 is 0 Å². The van der Waals surface area contributed by atoms with Crippen LogP contribution >= 0.6 is 0 Å². The van der Waals surface area contributed by atoms with Crippen LogP contribution in [0.15, 0.2) is 54.7 Å². The Bertz CT molecular complexity index is 855. The molecule has 130 valence electrons. The van der Waals surface area contributed by atoms with E-state index in [1.165, 1.54) is 17.7 Å². The van der Waals surface area contributed by atoms with Crippen LogP contribution in [0.25, 0.3) is 10.9 Å². The van der Waals surface area contributed by atoms with Crippen LogP contribution in [-0.2, 0) is 11.2 Å². The van der Waals surface area contributed by atoms with Gasteiger partial charge in [0.25, 0.3) is 0 Å². The molecule has 0 spiro atoms. The van der Waals surface area contributed by atoms with Crippen molar-refractivity contribution in [3.05, 3.63) is 71.7 Å². The molecule has 0 fully saturated rings. The number of H-pyrrole nitrogens is 1. The van der Waals surface area contributed by atoms with Gasteiger partial charge in [0, 0.05) is 29.6 Å². The molecule has 1 aromatic heterocycles. The smallest absolute Gasteiger partial charge is 0.224 e. The normalized spacial score (nSPS) is 12.5. The summed E-state index contributed by atoms with van der Waals surface area (Å²) in [5.74, 6) is 0.347. The number of nitrogens with one attached hydrogen (secondary N) is 2. The fourth-order valence-electron chi connectivity index (χ4n) is 3.19. The third kappa shape index (κ3) is 4.08. The lowest BCUT2D eigenvalue weighted by Gasteiger charge is -2.22. The maximum atomic E-state index is 13.4. The van der Waals surface area contributed by atoms with Gasteiger partial charge in [-0.1, -0.05) is 44.2 Å². The number of amides is 1. The van der Waals surface area contributed by atoms with Crippen LogP contribution in [0.3, 0.4) is 0 Å². The molecule has 0 aliphatic heterocycles. The number of hydrogen-bond acceptors (Lipinski definition) is 1. The number of hydrogen-bond donors (Lipinski definition) is 2. The van der Waals surface area contributed by atoms with Crippen LogP contribution in [0.4, 0.5) is 4.39 Å². The van der Waals surface area contributed by atoms with Gasteiger partial charge in [-0.05, 0) is 35.2 Å². The zero-order chi connectivity index (χ0) is 17.8. The fourth-order valence-corrected chi connectivity index (χ4v) is 3.19. The third-order valence-electron chi connectivity index (χ3n) is 4.63. The molecule has 3 aromatic rings. The lowest BCUT2D eigenvalue weighted by atomic mass is 9.88. The van der Waals surface area contributed by atoms with E-state index in [4.69, 9.17) is 0 Å². The molecule has 2 N–H and O–H groups in total. The van der Waals surface area contributed by atoms with Crippen molar-refractivity contribution in [2.45, 2.75) is 26.2 Å². The Morgan fingerprint density at radius 3 is 2.64 bits per heavy atom. The molecule has 0 saturated heterocycles. The summed E-state index contributed by atoms with van der Waals surface area (Å²) in [6.07, 6.45) is 2.02. The van der Waals surface area contributed by atoms with E-state index in [1.807, 2.05) is 18.2 Å². The van der Waals surface area contributed by atoms with Gasteiger partial charge in [0.05, 0.1) is 6.42 Å². The summed E-state index contributed by atoms with van der Waals surface area (Å²) in [7, 11) is 0. The van der Waals surface area contributed by atoms with Gasteiger partial charge < -0.3 is 10.3 Å². The second-order valence-electron chi connectivity index (χ2n) is 6.75. The number of rotatable bonds is 6. The van der Waals surface area contributed by atoms with E-state index in [2.05, 4.69) is 36.3 Å². The van der Waals surface area contributed by atoms with Gasteiger partial charge in [0.15, 0.2) is 0 Å². The second kappa shape index (κ2) is 7.51. The minimum atomic E-state index is -0.294. The molecule has 1 atom stereocenters. The summed E-state index contributed by atoms with van der Waals surface area (Å²) in [5, 5.41) is 3.80. The van der Waals surface area contributed by atoms with Crippen LogP contribution in [-0.4, -0.2) is 17.4 Å². The minimum absolute atomic E-state index is 0.0493. The molecule has 2 aromatic carbocycles. The first-order valence-electron chi connectivity index (χ1n) is 8.61. The van der Waals surface area contributed by atoms with Gasteiger partial charge in [-0.25, -0.2) is 4.39 Å². The molecule has 0 radical (unpaired) electrons.